The highest BCUT2D eigenvalue weighted by Crippen LogP contribution is 2.25. The van der Waals surface area contributed by atoms with E-state index in [-0.39, 0.29) is 6.54 Å². The van der Waals surface area contributed by atoms with Gasteiger partial charge in [-0.2, -0.15) is 5.43 Å². The number of hydrogen-bond acceptors (Lipinski definition) is 6. The first-order valence-electron chi connectivity index (χ1n) is 9.21. The Balaban J connectivity index is 1.48. The van der Waals surface area contributed by atoms with Crippen molar-refractivity contribution in [3.05, 3.63) is 54.6 Å². The predicted molar refractivity (Wildman–Crippen MR) is 106 cm³/mol. The van der Waals surface area contributed by atoms with E-state index in [0.717, 1.165) is 10.7 Å². The van der Waals surface area contributed by atoms with Crippen molar-refractivity contribution >= 4 is 29.1 Å². The fraction of sp³-hybridized carbons (Fsp3) is 0.250. The number of hydrogen-bond donors (Lipinski definition) is 2. The Morgan fingerprint density at radius 2 is 1.72 bits per heavy atom. The van der Waals surface area contributed by atoms with Gasteiger partial charge in [-0.05, 0) is 24.3 Å². The lowest BCUT2D eigenvalue weighted by Crippen LogP contribution is -2.68. The van der Waals surface area contributed by atoms with Crippen LogP contribution in [0.5, 0.6) is 5.75 Å². The van der Waals surface area contributed by atoms with Gasteiger partial charge in [-0.1, -0.05) is 30.3 Å². The van der Waals surface area contributed by atoms with E-state index in [1.807, 2.05) is 35.2 Å². The van der Waals surface area contributed by atoms with Crippen molar-refractivity contribution in [2.75, 3.05) is 37.0 Å². The lowest BCUT2D eigenvalue weighted by Gasteiger charge is -2.40. The van der Waals surface area contributed by atoms with Crippen molar-refractivity contribution in [2.24, 2.45) is 0 Å². The summed E-state index contributed by atoms with van der Waals surface area (Å²) in [5, 5.41) is 3.78. The summed E-state index contributed by atoms with van der Waals surface area (Å²) >= 11 is 0. The standard InChI is InChI=1S/C20H21N5O4/c1-29-16-10-6-5-9-15(16)21-17(26)13-25-19(28)18(27)24-12-11-23(20(24)22-25)14-7-3-2-4-8-14/h2-10,20,22H,11-13H2,1H3,(H,21,26). The molecule has 2 fully saturated rings. The minimum atomic E-state index is -0.758. The van der Waals surface area contributed by atoms with Crippen molar-refractivity contribution in [1.82, 2.24) is 15.3 Å². The zero-order valence-corrected chi connectivity index (χ0v) is 15.9. The maximum absolute atomic E-state index is 12.6. The summed E-state index contributed by atoms with van der Waals surface area (Å²) in [6.45, 7) is 0.704. The summed E-state index contributed by atoms with van der Waals surface area (Å²) in [6, 6.07) is 16.6. The van der Waals surface area contributed by atoms with Crippen LogP contribution in [0.1, 0.15) is 0 Å². The molecular formula is C20H21N5O4. The van der Waals surface area contributed by atoms with Gasteiger partial charge in [0.05, 0.1) is 12.8 Å². The molecule has 29 heavy (non-hydrogen) atoms. The van der Waals surface area contributed by atoms with Crippen molar-refractivity contribution in [3.8, 4) is 5.75 Å². The van der Waals surface area contributed by atoms with Gasteiger partial charge in [-0.25, -0.2) is 0 Å². The van der Waals surface area contributed by atoms with Gasteiger partial charge in [-0.15, -0.1) is 0 Å². The minimum absolute atomic E-state index is 0.310. The molecule has 0 aliphatic carbocycles. The average molecular weight is 395 g/mol. The first-order valence-corrected chi connectivity index (χ1v) is 9.21. The molecule has 1 unspecified atom stereocenters. The van der Waals surface area contributed by atoms with Crippen LogP contribution >= 0.6 is 0 Å². The molecule has 0 spiro atoms. The van der Waals surface area contributed by atoms with Crippen molar-refractivity contribution in [2.45, 2.75) is 6.29 Å². The molecule has 1 atom stereocenters. The third-order valence-electron chi connectivity index (χ3n) is 4.90. The molecule has 150 valence electrons. The quantitative estimate of drug-likeness (QED) is 0.721. The van der Waals surface area contributed by atoms with Gasteiger partial charge >= 0.3 is 11.8 Å². The first-order chi connectivity index (χ1) is 14.1. The molecule has 3 amide bonds. The molecule has 0 bridgehead atoms. The Kier molecular flexibility index (Phi) is 5.05. The number of fused-ring (bicyclic) bond motifs is 1. The zero-order chi connectivity index (χ0) is 20.4. The van der Waals surface area contributed by atoms with Crippen LogP contribution in [0.3, 0.4) is 0 Å². The molecule has 0 radical (unpaired) electrons. The average Bonchev–Trinajstić information content (AvgIpc) is 3.16. The van der Waals surface area contributed by atoms with Crippen molar-refractivity contribution < 1.29 is 19.1 Å². The molecule has 2 aromatic rings. The summed E-state index contributed by atoms with van der Waals surface area (Å²) < 4.78 is 5.22. The molecule has 0 aromatic heterocycles. The maximum Gasteiger partial charge on any atom is 0.326 e. The molecule has 2 aromatic carbocycles. The van der Waals surface area contributed by atoms with E-state index >= 15 is 0 Å². The second-order valence-electron chi connectivity index (χ2n) is 6.67. The molecule has 2 aliphatic heterocycles. The number of amides is 3. The van der Waals surface area contributed by atoms with Gasteiger partial charge in [0, 0.05) is 18.8 Å². The van der Waals surface area contributed by atoms with Gasteiger partial charge < -0.3 is 15.0 Å². The van der Waals surface area contributed by atoms with E-state index < -0.39 is 24.0 Å². The Labute approximate surface area is 167 Å². The number of anilines is 2. The normalized spacial score (nSPS) is 18.7. The summed E-state index contributed by atoms with van der Waals surface area (Å²) in [4.78, 5) is 41.0. The SMILES string of the molecule is COc1ccccc1NC(=O)CN1NC2N(CCN2c2ccccc2)C(=O)C1=O. The number of ether oxygens (including phenoxy) is 1. The Morgan fingerprint density at radius 3 is 2.48 bits per heavy atom. The molecule has 2 N–H and O–H groups in total. The van der Waals surface area contributed by atoms with Crippen LogP contribution in [0.4, 0.5) is 11.4 Å². The molecule has 0 saturated carbocycles. The van der Waals surface area contributed by atoms with Gasteiger partial charge in [0.2, 0.25) is 5.91 Å². The van der Waals surface area contributed by atoms with Gasteiger partial charge in [0.25, 0.3) is 0 Å². The highest BCUT2D eigenvalue weighted by Gasteiger charge is 2.45. The molecule has 4 rings (SSSR count). The third-order valence-corrected chi connectivity index (χ3v) is 4.90. The largest absolute Gasteiger partial charge is 0.495 e. The Bertz CT molecular complexity index is 935. The van der Waals surface area contributed by atoms with Crippen LogP contribution in [-0.4, -0.2) is 60.7 Å². The second kappa shape index (κ2) is 7.80. The molecule has 2 heterocycles. The van der Waals surface area contributed by atoms with E-state index in [4.69, 9.17) is 4.74 Å². The molecule has 9 nitrogen and oxygen atoms in total. The summed E-state index contributed by atoms with van der Waals surface area (Å²) in [5.41, 5.74) is 4.43. The lowest BCUT2D eigenvalue weighted by molar-refractivity contribution is -0.163. The highest BCUT2D eigenvalue weighted by atomic mass is 16.5. The van der Waals surface area contributed by atoms with E-state index in [1.54, 1.807) is 24.3 Å². The zero-order valence-electron chi connectivity index (χ0n) is 15.9. The van der Waals surface area contributed by atoms with Crippen LogP contribution in [0.15, 0.2) is 54.6 Å². The topological polar surface area (TPSA) is 94.2 Å². The highest BCUT2D eigenvalue weighted by molar-refractivity contribution is 6.35. The first kappa shape index (κ1) is 18.8. The molecule has 2 aliphatic rings. The monoisotopic (exact) mass is 395 g/mol. The molecule has 9 heteroatoms. The number of nitrogens with zero attached hydrogens (tertiary/aromatic N) is 3. The molecular weight excluding hydrogens is 374 g/mol. The molecule has 2 saturated heterocycles. The number of benzene rings is 2. The maximum atomic E-state index is 12.6. The van der Waals surface area contributed by atoms with Crippen LogP contribution in [0.25, 0.3) is 0 Å². The summed E-state index contributed by atoms with van der Waals surface area (Å²) in [5.74, 6) is -1.32. The fourth-order valence-corrected chi connectivity index (χ4v) is 3.51. The Hall–Kier alpha value is -3.59. The lowest BCUT2D eigenvalue weighted by atomic mass is 10.3. The van der Waals surface area contributed by atoms with Crippen molar-refractivity contribution in [3.63, 3.8) is 0 Å². The van der Waals surface area contributed by atoms with Crippen LogP contribution in [-0.2, 0) is 14.4 Å². The third kappa shape index (κ3) is 3.59. The van der Waals surface area contributed by atoms with Gasteiger partial charge in [0.15, 0.2) is 6.29 Å². The number of rotatable bonds is 5. The number of para-hydroxylation sites is 3. The smallest absolute Gasteiger partial charge is 0.326 e. The second-order valence-corrected chi connectivity index (χ2v) is 6.67. The van der Waals surface area contributed by atoms with E-state index in [2.05, 4.69) is 10.7 Å². The van der Waals surface area contributed by atoms with Gasteiger partial charge in [0.1, 0.15) is 12.3 Å². The Morgan fingerprint density at radius 1 is 1.03 bits per heavy atom. The van der Waals surface area contributed by atoms with Crippen LogP contribution in [0.2, 0.25) is 0 Å². The van der Waals surface area contributed by atoms with Crippen molar-refractivity contribution in [1.29, 1.82) is 0 Å². The summed E-state index contributed by atoms with van der Waals surface area (Å²) in [7, 11) is 1.51. The van der Waals surface area contributed by atoms with Crippen LogP contribution < -0.4 is 20.4 Å². The number of nitrogens with one attached hydrogen (secondary N) is 2. The number of hydrazine groups is 1. The summed E-state index contributed by atoms with van der Waals surface area (Å²) in [6.07, 6.45) is -0.526. The predicted octanol–water partition coefficient (Wildman–Crippen LogP) is 0.613. The van der Waals surface area contributed by atoms with Gasteiger partial charge in [-0.3, -0.25) is 24.3 Å². The van der Waals surface area contributed by atoms with Crippen LogP contribution in [0, 0.1) is 0 Å². The minimum Gasteiger partial charge on any atom is -0.495 e. The fourth-order valence-electron chi connectivity index (χ4n) is 3.51. The number of carbonyl (C=O) groups is 3. The number of methoxy groups -OCH3 is 1. The van der Waals surface area contributed by atoms with E-state index in [0.29, 0.717) is 24.5 Å². The number of carbonyl (C=O) groups excluding carboxylic acids is 3. The van der Waals surface area contributed by atoms with E-state index in [9.17, 15) is 14.4 Å². The van der Waals surface area contributed by atoms with E-state index in [1.165, 1.54) is 12.0 Å².